The number of carbonyl (C=O) groups is 3. The smallest absolute Gasteiger partial charge is 0.413 e. The average molecular weight is 429 g/mol. The molecule has 1 heterocycles. The molecule has 8 heteroatoms. The highest BCUT2D eigenvalue weighted by Gasteiger charge is 2.45. The van der Waals surface area contributed by atoms with Crippen molar-refractivity contribution in [1.29, 1.82) is 0 Å². The number of nitrogens with one attached hydrogen (secondary N) is 1. The highest BCUT2D eigenvalue weighted by atomic mass is 32.2. The second kappa shape index (κ2) is 9.67. The van der Waals surface area contributed by atoms with Crippen LogP contribution in [0, 0.1) is 5.92 Å². The fourth-order valence-electron chi connectivity index (χ4n) is 3.27. The van der Waals surface area contributed by atoms with Crippen LogP contribution in [0.4, 0.5) is 4.79 Å². The van der Waals surface area contributed by atoms with Crippen LogP contribution in [-0.2, 0) is 9.59 Å². The predicted octanol–water partition coefficient (Wildman–Crippen LogP) is 3.53. The molecule has 0 aliphatic carbocycles. The molecule has 1 saturated heterocycles. The summed E-state index contributed by atoms with van der Waals surface area (Å²) in [6, 6.07) is 15.9. The Balaban J connectivity index is 1.82. The van der Waals surface area contributed by atoms with Gasteiger partial charge >= 0.3 is 12.1 Å². The minimum Gasteiger partial charge on any atom is -0.480 e. The molecule has 158 valence electrons. The van der Waals surface area contributed by atoms with Crippen molar-refractivity contribution in [2.45, 2.75) is 31.3 Å². The molecular formula is C22H24N2O5S. The van der Waals surface area contributed by atoms with Crippen LogP contribution < -0.4 is 10.1 Å². The Morgan fingerprint density at radius 3 is 2.23 bits per heavy atom. The Morgan fingerprint density at radius 1 is 1.07 bits per heavy atom. The average Bonchev–Trinajstić information content (AvgIpc) is 3.18. The molecule has 30 heavy (non-hydrogen) atoms. The summed E-state index contributed by atoms with van der Waals surface area (Å²) >= 11 is 1.40. The molecular weight excluding hydrogens is 404 g/mol. The maximum absolute atomic E-state index is 13.5. The molecule has 3 rings (SSSR count). The standard InChI is InChI=1S/C22H24N2O5S/c1-14(2)18(23-22(28)29-16-11-7-4-8-12-16)19(25)24-17(21(26)27)13-30-20(24)15-9-5-3-6-10-15/h3-12,14,17-18,20H,13H2,1-2H3,(H,23,28)(H,26,27)/t17-,18-,20?/m0/s1. The highest BCUT2D eigenvalue weighted by molar-refractivity contribution is 7.99. The van der Waals surface area contributed by atoms with E-state index in [1.54, 1.807) is 44.2 Å². The van der Waals surface area contributed by atoms with Crippen LogP contribution in [0.25, 0.3) is 0 Å². The number of carbonyl (C=O) groups excluding carboxylic acids is 2. The van der Waals surface area contributed by atoms with Gasteiger partial charge in [-0.05, 0) is 23.6 Å². The lowest BCUT2D eigenvalue weighted by Crippen LogP contribution is -2.55. The Morgan fingerprint density at radius 2 is 1.67 bits per heavy atom. The van der Waals surface area contributed by atoms with Crippen molar-refractivity contribution in [3.05, 3.63) is 66.2 Å². The summed E-state index contributed by atoms with van der Waals surface area (Å²) in [7, 11) is 0. The first-order valence-electron chi connectivity index (χ1n) is 9.63. The van der Waals surface area contributed by atoms with E-state index in [0.29, 0.717) is 5.75 Å². The van der Waals surface area contributed by atoms with Gasteiger partial charge in [0.1, 0.15) is 23.2 Å². The molecule has 0 saturated carbocycles. The van der Waals surface area contributed by atoms with Gasteiger partial charge in [0.05, 0.1) is 0 Å². The van der Waals surface area contributed by atoms with E-state index >= 15 is 0 Å². The summed E-state index contributed by atoms with van der Waals surface area (Å²) in [6.07, 6.45) is -0.761. The van der Waals surface area contributed by atoms with Gasteiger partial charge in [-0.15, -0.1) is 11.8 Å². The maximum Gasteiger partial charge on any atom is 0.413 e. The summed E-state index contributed by atoms with van der Waals surface area (Å²) in [5.41, 5.74) is 0.842. The van der Waals surface area contributed by atoms with Crippen LogP contribution in [0.15, 0.2) is 60.7 Å². The number of hydrogen-bond donors (Lipinski definition) is 2. The van der Waals surface area contributed by atoms with Crippen molar-refractivity contribution in [2.24, 2.45) is 5.92 Å². The fraction of sp³-hybridized carbons (Fsp3) is 0.318. The summed E-state index contributed by atoms with van der Waals surface area (Å²) in [6.45, 7) is 3.59. The number of thioether (sulfide) groups is 1. The van der Waals surface area contributed by atoms with Crippen LogP contribution in [0.1, 0.15) is 24.8 Å². The summed E-state index contributed by atoms with van der Waals surface area (Å²) < 4.78 is 5.25. The number of carboxylic acid groups (broad SMARTS) is 1. The topological polar surface area (TPSA) is 95.9 Å². The zero-order valence-corrected chi connectivity index (χ0v) is 17.5. The van der Waals surface area contributed by atoms with Gasteiger partial charge in [0.15, 0.2) is 0 Å². The van der Waals surface area contributed by atoms with Crippen LogP contribution in [0.5, 0.6) is 5.75 Å². The normalized spacial score (nSPS) is 19.4. The number of ether oxygens (including phenoxy) is 1. The Kier molecular flexibility index (Phi) is 6.99. The Bertz CT molecular complexity index is 891. The lowest BCUT2D eigenvalue weighted by atomic mass is 10.0. The highest BCUT2D eigenvalue weighted by Crippen LogP contribution is 2.42. The van der Waals surface area contributed by atoms with E-state index in [1.165, 1.54) is 16.7 Å². The lowest BCUT2D eigenvalue weighted by Gasteiger charge is -2.32. The van der Waals surface area contributed by atoms with Crippen molar-refractivity contribution < 1.29 is 24.2 Å². The summed E-state index contributed by atoms with van der Waals surface area (Å²) in [5, 5.41) is 11.9. The minimum atomic E-state index is -1.07. The van der Waals surface area contributed by atoms with Crippen molar-refractivity contribution >= 4 is 29.7 Å². The maximum atomic E-state index is 13.5. The van der Waals surface area contributed by atoms with Crippen molar-refractivity contribution in [2.75, 3.05) is 5.75 Å². The number of amides is 2. The summed E-state index contributed by atoms with van der Waals surface area (Å²) in [4.78, 5) is 39.0. The molecule has 2 N–H and O–H groups in total. The molecule has 7 nitrogen and oxygen atoms in total. The number of hydrogen-bond acceptors (Lipinski definition) is 5. The molecule has 0 radical (unpaired) electrons. The lowest BCUT2D eigenvalue weighted by molar-refractivity contribution is -0.150. The molecule has 1 unspecified atom stereocenters. The van der Waals surface area contributed by atoms with Gasteiger partial charge < -0.3 is 20.1 Å². The molecule has 0 spiro atoms. The van der Waals surface area contributed by atoms with E-state index in [9.17, 15) is 19.5 Å². The minimum absolute atomic E-state index is 0.266. The van der Waals surface area contributed by atoms with Crippen molar-refractivity contribution in [1.82, 2.24) is 10.2 Å². The first-order chi connectivity index (χ1) is 14.4. The van der Waals surface area contributed by atoms with Crippen LogP contribution in [0.2, 0.25) is 0 Å². The van der Waals surface area contributed by atoms with Crippen molar-refractivity contribution in [3.63, 3.8) is 0 Å². The van der Waals surface area contributed by atoms with Gasteiger partial charge in [0, 0.05) is 5.75 Å². The zero-order valence-electron chi connectivity index (χ0n) is 16.7. The third-order valence-corrected chi connectivity index (χ3v) is 6.11. The van der Waals surface area contributed by atoms with Crippen LogP contribution in [0.3, 0.4) is 0 Å². The third kappa shape index (κ3) is 4.94. The summed E-state index contributed by atoms with van der Waals surface area (Å²) in [5.74, 6) is -1.14. The molecule has 3 atom stereocenters. The molecule has 2 aromatic rings. The molecule has 1 aliphatic rings. The molecule has 1 fully saturated rings. The fourth-order valence-corrected chi connectivity index (χ4v) is 4.70. The number of nitrogens with zero attached hydrogens (tertiary/aromatic N) is 1. The van der Waals surface area contributed by atoms with Crippen LogP contribution >= 0.6 is 11.8 Å². The first kappa shape index (κ1) is 21.7. The number of rotatable bonds is 6. The molecule has 2 aromatic carbocycles. The zero-order chi connectivity index (χ0) is 21.7. The quantitative estimate of drug-likeness (QED) is 0.731. The molecule has 0 aromatic heterocycles. The van der Waals surface area contributed by atoms with E-state index in [-0.39, 0.29) is 11.7 Å². The van der Waals surface area contributed by atoms with E-state index < -0.39 is 35.4 Å². The van der Waals surface area contributed by atoms with Crippen molar-refractivity contribution in [3.8, 4) is 5.75 Å². The Labute approximate surface area is 179 Å². The van der Waals surface area contributed by atoms with E-state index in [1.807, 2.05) is 30.3 Å². The largest absolute Gasteiger partial charge is 0.480 e. The van der Waals surface area contributed by atoms with E-state index in [4.69, 9.17) is 4.74 Å². The first-order valence-corrected chi connectivity index (χ1v) is 10.7. The van der Waals surface area contributed by atoms with Gasteiger partial charge in [-0.25, -0.2) is 9.59 Å². The van der Waals surface area contributed by atoms with Crippen LogP contribution in [-0.4, -0.2) is 45.8 Å². The van der Waals surface area contributed by atoms with E-state index in [0.717, 1.165) is 5.56 Å². The van der Waals surface area contributed by atoms with E-state index in [2.05, 4.69) is 5.32 Å². The number of carboxylic acids is 1. The number of aliphatic carboxylic acids is 1. The number of benzene rings is 2. The second-order valence-corrected chi connectivity index (χ2v) is 8.38. The molecule has 1 aliphatic heterocycles. The van der Waals surface area contributed by atoms with Gasteiger partial charge in [0.2, 0.25) is 5.91 Å². The monoisotopic (exact) mass is 428 g/mol. The second-order valence-electron chi connectivity index (χ2n) is 7.26. The van der Waals surface area contributed by atoms with Gasteiger partial charge in [0.25, 0.3) is 0 Å². The molecule has 0 bridgehead atoms. The third-order valence-electron chi connectivity index (χ3n) is 4.78. The number of para-hydroxylation sites is 1. The van der Waals surface area contributed by atoms with Gasteiger partial charge in [-0.2, -0.15) is 0 Å². The van der Waals surface area contributed by atoms with Gasteiger partial charge in [-0.3, -0.25) is 4.79 Å². The van der Waals surface area contributed by atoms with Gasteiger partial charge in [-0.1, -0.05) is 62.4 Å². The SMILES string of the molecule is CC(C)[C@H](NC(=O)Oc1ccccc1)C(=O)N1C(c2ccccc2)SC[C@H]1C(=O)O. The Hall–Kier alpha value is -3.00. The predicted molar refractivity (Wildman–Crippen MR) is 114 cm³/mol. The molecule has 2 amide bonds.